The summed E-state index contributed by atoms with van der Waals surface area (Å²) in [5, 5.41) is 8.61. The lowest BCUT2D eigenvalue weighted by Crippen LogP contribution is -2.03. The molecular weight excluding hydrogens is 287 g/mol. The van der Waals surface area contributed by atoms with Crippen LogP contribution in [-0.2, 0) is 16.3 Å². The van der Waals surface area contributed by atoms with E-state index in [1.54, 1.807) is 6.07 Å². The van der Waals surface area contributed by atoms with Gasteiger partial charge in [-0.05, 0) is 17.7 Å². The summed E-state index contributed by atoms with van der Waals surface area (Å²) in [4.78, 5) is 17.1. The molecule has 20 heavy (non-hydrogen) atoms. The molecule has 0 unspecified atom stereocenters. The van der Waals surface area contributed by atoms with Crippen LogP contribution in [0.4, 0.5) is 4.39 Å². The second-order valence-electron chi connectivity index (χ2n) is 4.25. The van der Waals surface area contributed by atoms with Crippen LogP contribution in [0.2, 0.25) is 0 Å². The first-order valence-corrected chi connectivity index (χ1v) is 7.43. The van der Waals surface area contributed by atoms with E-state index in [2.05, 4.69) is 9.97 Å². The number of hydrogen-bond acceptors (Lipinski definition) is 4. The van der Waals surface area contributed by atoms with Crippen molar-refractivity contribution in [1.29, 1.82) is 0 Å². The molecule has 0 fully saturated rings. The van der Waals surface area contributed by atoms with E-state index in [4.69, 9.17) is 5.11 Å². The number of carbonyl (C=O) groups is 1. The quantitative estimate of drug-likeness (QED) is 0.884. The van der Waals surface area contributed by atoms with Crippen molar-refractivity contribution in [1.82, 2.24) is 9.97 Å². The Morgan fingerprint density at radius 2 is 2.15 bits per heavy atom. The first-order valence-electron chi connectivity index (χ1n) is 5.54. The van der Waals surface area contributed by atoms with E-state index in [1.165, 1.54) is 18.2 Å². The van der Waals surface area contributed by atoms with Crippen molar-refractivity contribution in [3.63, 3.8) is 0 Å². The molecule has 2 rings (SSSR count). The molecule has 0 spiro atoms. The lowest BCUT2D eigenvalue weighted by atomic mass is 10.1. The number of H-pyrrole nitrogens is 1. The molecule has 0 aliphatic carbocycles. The number of sulfone groups is 1. The zero-order valence-corrected chi connectivity index (χ0v) is 11.2. The largest absolute Gasteiger partial charge is 0.476 e. The summed E-state index contributed by atoms with van der Waals surface area (Å²) in [5.41, 5.74) is 0.245. The second kappa shape index (κ2) is 5.04. The number of hydrogen-bond donors (Lipinski definition) is 2. The molecule has 0 saturated heterocycles. The molecule has 1 aromatic heterocycles. The number of aromatic nitrogens is 2. The Morgan fingerprint density at radius 1 is 1.45 bits per heavy atom. The number of benzene rings is 1. The Bertz CT molecular complexity index is 768. The first-order chi connectivity index (χ1) is 9.27. The van der Waals surface area contributed by atoms with E-state index in [-0.39, 0.29) is 17.8 Å². The van der Waals surface area contributed by atoms with Crippen molar-refractivity contribution >= 4 is 15.8 Å². The van der Waals surface area contributed by atoms with Crippen molar-refractivity contribution in [3.8, 4) is 0 Å². The van der Waals surface area contributed by atoms with Crippen molar-refractivity contribution in [3.05, 3.63) is 47.0 Å². The fourth-order valence-corrected chi connectivity index (χ4v) is 2.28. The number of rotatable bonds is 4. The number of carboxylic acids is 1. The molecule has 1 aromatic carbocycles. The standard InChI is InChI=1S/C12H11FN2O4S/c1-20(18,19)12-14-9(10(15-12)11(16)17)6-7-3-2-4-8(13)5-7/h2-5H,6H2,1H3,(H,14,15)(H,16,17). The van der Waals surface area contributed by atoms with Crippen molar-refractivity contribution in [2.45, 2.75) is 11.6 Å². The number of aromatic amines is 1. The molecule has 8 heteroatoms. The summed E-state index contributed by atoms with van der Waals surface area (Å²) in [6.45, 7) is 0. The lowest BCUT2D eigenvalue weighted by molar-refractivity contribution is 0.0689. The highest BCUT2D eigenvalue weighted by molar-refractivity contribution is 7.90. The molecule has 0 radical (unpaired) electrons. The topological polar surface area (TPSA) is 100 Å². The average Bonchev–Trinajstić information content (AvgIpc) is 2.72. The highest BCUT2D eigenvalue weighted by Gasteiger charge is 2.21. The molecule has 1 heterocycles. The van der Waals surface area contributed by atoms with Gasteiger partial charge >= 0.3 is 5.97 Å². The maximum Gasteiger partial charge on any atom is 0.356 e. The second-order valence-corrected chi connectivity index (χ2v) is 6.18. The average molecular weight is 298 g/mol. The minimum absolute atomic E-state index is 0.0436. The molecule has 0 saturated carbocycles. The summed E-state index contributed by atoms with van der Waals surface area (Å²) < 4.78 is 35.8. The highest BCUT2D eigenvalue weighted by atomic mass is 32.2. The molecule has 0 bridgehead atoms. The molecule has 2 aromatic rings. The highest BCUT2D eigenvalue weighted by Crippen LogP contribution is 2.16. The van der Waals surface area contributed by atoms with Gasteiger partial charge in [-0.1, -0.05) is 12.1 Å². The van der Waals surface area contributed by atoms with Crippen molar-refractivity contribution < 1.29 is 22.7 Å². The van der Waals surface area contributed by atoms with Crippen LogP contribution in [0.5, 0.6) is 0 Å². The Hall–Kier alpha value is -2.22. The smallest absolute Gasteiger partial charge is 0.356 e. The summed E-state index contributed by atoms with van der Waals surface area (Å²) >= 11 is 0. The molecule has 106 valence electrons. The third-order valence-electron chi connectivity index (χ3n) is 2.58. The van der Waals surface area contributed by atoms with E-state index in [0.29, 0.717) is 5.56 Å². The van der Waals surface area contributed by atoms with Crippen molar-refractivity contribution in [2.24, 2.45) is 0 Å². The van der Waals surface area contributed by atoms with Gasteiger partial charge < -0.3 is 10.1 Å². The van der Waals surface area contributed by atoms with E-state index < -0.39 is 26.8 Å². The van der Waals surface area contributed by atoms with Gasteiger partial charge in [-0.15, -0.1) is 0 Å². The van der Waals surface area contributed by atoms with Gasteiger partial charge in [-0.3, -0.25) is 0 Å². The number of nitrogens with zero attached hydrogens (tertiary/aromatic N) is 1. The molecule has 0 aliphatic rings. The number of carboxylic acid groups (broad SMARTS) is 1. The monoisotopic (exact) mass is 298 g/mol. The number of halogens is 1. The van der Waals surface area contributed by atoms with Gasteiger partial charge in [0.15, 0.2) is 5.69 Å². The summed E-state index contributed by atoms with van der Waals surface area (Å²) in [7, 11) is -3.64. The summed E-state index contributed by atoms with van der Waals surface area (Å²) in [6, 6.07) is 5.59. The van der Waals surface area contributed by atoms with E-state index in [1.807, 2.05) is 0 Å². The van der Waals surface area contributed by atoms with Gasteiger partial charge in [-0.25, -0.2) is 22.6 Å². The number of imidazole rings is 1. The third-order valence-corrected chi connectivity index (χ3v) is 3.48. The molecule has 0 amide bonds. The number of aromatic carboxylic acids is 1. The van der Waals surface area contributed by atoms with Gasteiger partial charge in [0.05, 0.1) is 5.69 Å². The zero-order chi connectivity index (χ0) is 14.9. The molecule has 6 nitrogen and oxygen atoms in total. The Labute approximate surface area is 114 Å². The molecule has 0 aliphatic heterocycles. The summed E-state index contributed by atoms with van der Waals surface area (Å²) in [6.07, 6.45) is 0.964. The van der Waals surface area contributed by atoms with Gasteiger partial charge in [0.25, 0.3) is 0 Å². The van der Waals surface area contributed by atoms with Crippen LogP contribution in [0.1, 0.15) is 21.7 Å². The van der Waals surface area contributed by atoms with Crippen LogP contribution in [-0.4, -0.2) is 35.7 Å². The van der Waals surface area contributed by atoms with Gasteiger partial charge in [0, 0.05) is 12.7 Å². The van der Waals surface area contributed by atoms with Gasteiger partial charge in [0.2, 0.25) is 15.0 Å². The van der Waals surface area contributed by atoms with Crippen LogP contribution >= 0.6 is 0 Å². The van der Waals surface area contributed by atoms with Crippen LogP contribution in [0, 0.1) is 5.82 Å². The van der Waals surface area contributed by atoms with Crippen LogP contribution in [0.25, 0.3) is 0 Å². The minimum atomic E-state index is -3.64. The van der Waals surface area contributed by atoms with Crippen molar-refractivity contribution in [2.75, 3.05) is 6.26 Å². The molecule has 0 atom stereocenters. The van der Waals surface area contributed by atoms with Gasteiger partial charge in [0.1, 0.15) is 5.82 Å². The predicted octanol–water partition coefficient (Wildman–Crippen LogP) is 1.24. The number of nitrogens with one attached hydrogen (secondary N) is 1. The van der Waals surface area contributed by atoms with Crippen LogP contribution < -0.4 is 0 Å². The summed E-state index contributed by atoms with van der Waals surface area (Å²) in [5.74, 6) is -1.80. The predicted molar refractivity (Wildman–Crippen MR) is 67.9 cm³/mol. The molecular formula is C12H11FN2O4S. The SMILES string of the molecule is CS(=O)(=O)c1nc(C(=O)O)c(Cc2cccc(F)c2)[nH]1. The zero-order valence-electron chi connectivity index (χ0n) is 10.4. The minimum Gasteiger partial charge on any atom is -0.476 e. The maximum absolute atomic E-state index is 13.1. The fraction of sp³-hybridized carbons (Fsp3) is 0.167. The third kappa shape index (κ3) is 3.02. The van der Waals surface area contributed by atoms with Crippen LogP contribution in [0.15, 0.2) is 29.4 Å². The first kappa shape index (κ1) is 14.2. The normalized spacial score (nSPS) is 11.5. The Morgan fingerprint density at radius 3 is 2.70 bits per heavy atom. The maximum atomic E-state index is 13.1. The van der Waals surface area contributed by atoms with Crippen LogP contribution in [0.3, 0.4) is 0 Å². The molecule has 2 N–H and O–H groups in total. The fourth-order valence-electron chi connectivity index (χ4n) is 1.72. The lowest BCUT2D eigenvalue weighted by Gasteiger charge is -2.00. The van der Waals surface area contributed by atoms with E-state index >= 15 is 0 Å². The Kier molecular flexibility index (Phi) is 3.58. The Balaban J connectivity index is 2.45. The van der Waals surface area contributed by atoms with E-state index in [9.17, 15) is 17.6 Å². The van der Waals surface area contributed by atoms with Gasteiger partial charge in [-0.2, -0.15) is 0 Å². The van der Waals surface area contributed by atoms with E-state index in [0.717, 1.165) is 6.26 Å².